The molecule has 1 aliphatic rings. The Bertz CT molecular complexity index is 908. The van der Waals surface area contributed by atoms with Gasteiger partial charge in [-0.25, -0.2) is 4.79 Å². The van der Waals surface area contributed by atoms with Gasteiger partial charge in [0, 0.05) is 12.1 Å². The minimum Gasteiger partial charge on any atom is -0.478 e. The van der Waals surface area contributed by atoms with Crippen LogP contribution < -0.4 is 5.01 Å². The van der Waals surface area contributed by atoms with Crippen molar-refractivity contribution in [1.29, 1.82) is 0 Å². The molecule has 8 nitrogen and oxygen atoms in total. The van der Waals surface area contributed by atoms with Crippen molar-refractivity contribution in [3.8, 4) is 0 Å². The number of carboxylic acid groups (broad SMARTS) is 1. The van der Waals surface area contributed by atoms with Crippen LogP contribution >= 0.6 is 0 Å². The molecule has 0 fully saturated rings. The van der Waals surface area contributed by atoms with Gasteiger partial charge in [0.2, 0.25) is 0 Å². The molecule has 1 heterocycles. The number of carbonyl (C=O) groups is 2. The molecule has 1 N–H and O–H groups in total. The number of hydrazone groups is 1. The maximum Gasteiger partial charge on any atom is 0.336 e. The van der Waals surface area contributed by atoms with Gasteiger partial charge in [0.15, 0.2) is 0 Å². The summed E-state index contributed by atoms with van der Waals surface area (Å²) in [6.45, 7) is 1.62. The van der Waals surface area contributed by atoms with Crippen LogP contribution in [-0.2, 0) is 4.79 Å². The number of amides is 1. The van der Waals surface area contributed by atoms with E-state index in [4.69, 9.17) is 0 Å². The summed E-state index contributed by atoms with van der Waals surface area (Å²) >= 11 is 0. The van der Waals surface area contributed by atoms with Crippen LogP contribution in [0.4, 0.5) is 11.4 Å². The average Bonchev–Trinajstić information content (AvgIpc) is 2.89. The Balaban J connectivity index is 2.06. The first-order valence-corrected chi connectivity index (χ1v) is 7.36. The standard InChI is InChI=1S/C17H13N3O5/c1-10-15(16(21)19(18-10)11-5-3-2-4-6-11)13-8-7-12(20(24)25)9-14(13)17(22)23/h2-9,15H,1H3,(H,22,23). The Morgan fingerprint density at radius 1 is 1.24 bits per heavy atom. The Morgan fingerprint density at radius 2 is 1.92 bits per heavy atom. The number of rotatable bonds is 4. The van der Waals surface area contributed by atoms with Crippen molar-refractivity contribution >= 4 is 29.0 Å². The lowest BCUT2D eigenvalue weighted by Crippen LogP contribution is -2.26. The summed E-state index contributed by atoms with van der Waals surface area (Å²) in [4.78, 5) is 34.5. The fourth-order valence-electron chi connectivity index (χ4n) is 2.77. The number of aromatic carboxylic acids is 1. The summed E-state index contributed by atoms with van der Waals surface area (Å²) in [6.07, 6.45) is 0. The molecule has 0 saturated carbocycles. The normalized spacial score (nSPS) is 16.7. The number of carbonyl (C=O) groups excluding carboxylic acids is 1. The van der Waals surface area contributed by atoms with Crippen molar-refractivity contribution in [3.05, 3.63) is 69.8 Å². The number of carboxylic acids is 1. The fraction of sp³-hybridized carbons (Fsp3) is 0.118. The topological polar surface area (TPSA) is 113 Å². The Kier molecular flexibility index (Phi) is 4.02. The van der Waals surface area contributed by atoms with Crippen LogP contribution in [0.15, 0.2) is 53.6 Å². The van der Waals surface area contributed by atoms with Gasteiger partial charge in [-0.2, -0.15) is 10.1 Å². The van der Waals surface area contributed by atoms with E-state index in [0.717, 1.165) is 6.07 Å². The van der Waals surface area contributed by atoms with Crippen molar-refractivity contribution in [3.63, 3.8) is 0 Å². The van der Waals surface area contributed by atoms with Crippen molar-refractivity contribution in [2.75, 3.05) is 5.01 Å². The maximum atomic E-state index is 12.8. The van der Waals surface area contributed by atoms with Crippen molar-refractivity contribution in [1.82, 2.24) is 0 Å². The molecular formula is C17H13N3O5. The highest BCUT2D eigenvalue weighted by molar-refractivity contribution is 6.19. The lowest BCUT2D eigenvalue weighted by Gasteiger charge is -2.15. The summed E-state index contributed by atoms with van der Waals surface area (Å²) in [5, 5.41) is 25.7. The van der Waals surface area contributed by atoms with Gasteiger partial charge in [-0.05, 0) is 24.6 Å². The minimum atomic E-state index is -1.34. The van der Waals surface area contributed by atoms with Crippen LogP contribution in [0, 0.1) is 10.1 Å². The molecule has 3 rings (SSSR count). The van der Waals surface area contributed by atoms with Crippen LogP contribution in [0.25, 0.3) is 0 Å². The van der Waals surface area contributed by atoms with Gasteiger partial charge >= 0.3 is 5.97 Å². The van der Waals surface area contributed by atoms with E-state index in [1.807, 2.05) is 0 Å². The Morgan fingerprint density at radius 3 is 2.52 bits per heavy atom. The molecule has 25 heavy (non-hydrogen) atoms. The quantitative estimate of drug-likeness (QED) is 0.679. The van der Waals surface area contributed by atoms with Crippen LogP contribution in [0.1, 0.15) is 28.8 Å². The van der Waals surface area contributed by atoms with Crippen LogP contribution in [0.3, 0.4) is 0 Å². The molecule has 1 unspecified atom stereocenters. The number of anilines is 1. The van der Waals surface area contributed by atoms with E-state index in [2.05, 4.69) is 5.10 Å². The molecule has 8 heteroatoms. The highest BCUT2D eigenvalue weighted by Gasteiger charge is 2.38. The highest BCUT2D eigenvalue weighted by atomic mass is 16.6. The van der Waals surface area contributed by atoms with E-state index >= 15 is 0 Å². The molecule has 2 aromatic rings. The number of hydrogen-bond donors (Lipinski definition) is 1. The third-order valence-corrected chi connectivity index (χ3v) is 3.92. The third kappa shape index (κ3) is 2.85. The van der Waals surface area contributed by atoms with E-state index in [0.29, 0.717) is 11.4 Å². The fourth-order valence-corrected chi connectivity index (χ4v) is 2.77. The molecule has 1 atom stereocenters. The van der Waals surface area contributed by atoms with Crippen LogP contribution in [0.2, 0.25) is 0 Å². The summed E-state index contributed by atoms with van der Waals surface area (Å²) in [5.41, 5.74) is 0.541. The molecule has 1 amide bonds. The lowest BCUT2D eigenvalue weighted by molar-refractivity contribution is -0.384. The van der Waals surface area contributed by atoms with Gasteiger partial charge in [-0.15, -0.1) is 0 Å². The molecular weight excluding hydrogens is 326 g/mol. The zero-order valence-electron chi connectivity index (χ0n) is 13.1. The number of nitrogens with zero attached hydrogens (tertiary/aromatic N) is 3. The number of hydrogen-bond acceptors (Lipinski definition) is 5. The molecule has 2 aromatic carbocycles. The van der Waals surface area contributed by atoms with E-state index in [-0.39, 0.29) is 16.8 Å². The number of nitro benzene ring substituents is 1. The predicted molar refractivity (Wildman–Crippen MR) is 89.8 cm³/mol. The molecule has 0 radical (unpaired) electrons. The first kappa shape index (κ1) is 16.3. The first-order chi connectivity index (χ1) is 11.9. The Hall–Kier alpha value is -3.55. The monoisotopic (exact) mass is 339 g/mol. The van der Waals surface area contributed by atoms with Crippen LogP contribution in [-0.4, -0.2) is 27.6 Å². The summed E-state index contributed by atoms with van der Waals surface area (Å²) < 4.78 is 0. The predicted octanol–water partition coefficient (Wildman–Crippen LogP) is 2.80. The van der Waals surface area contributed by atoms with E-state index in [1.54, 1.807) is 37.3 Å². The second-order valence-electron chi connectivity index (χ2n) is 5.49. The second kappa shape index (κ2) is 6.16. The molecule has 1 aliphatic heterocycles. The number of nitro groups is 1. The second-order valence-corrected chi connectivity index (χ2v) is 5.49. The maximum absolute atomic E-state index is 12.8. The summed E-state index contributed by atoms with van der Waals surface area (Å²) in [7, 11) is 0. The van der Waals surface area contributed by atoms with Gasteiger partial charge in [0.05, 0.1) is 21.9 Å². The van der Waals surface area contributed by atoms with Gasteiger partial charge in [0.1, 0.15) is 5.92 Å². The average molecular weight is 339 g/mol. The van der Waals surface area contributed by atoms with Gasteiger partial charge in [-0.3, -0.25) is 14.9 Å². The highest BCUT2D eigenvalue weighted by Crippen LogP contribution is 2.33. The summed E-state index contributed by atoms with van der Waals surface area (Å²) in [6, 6.07) is 12.2. The number of non-ortho nitro benzene ring substituents is 1. The first-order valence-electron chi connectivity index (χ1n) is 7.36. The van der Waals surface area contributed by atoms with E-state index in [1.165, 1.54) is 17.1 Å². The van der Waals surface area contributed by atoms with Crippen molar-refractivity contribution < 1.29 is 19.6 Å². The van der Waals surface area contributed by atoms with Crippen molar-refractivity contribution in [2.24, 2.45) is 5.10 Å². The molecule has 0 bridgehead atoms. The Labute approximate surface area is 142 Å². The minimum absolute atomic E-state index is 0.183. The van der Waals surface area contributed by atoms with E-state index in [9.17, 15) is 24.8 Å². The van der Waals surface area contributed by atoms with Crippen molar-refractivity contribution in [2.45, 2.75) is 12.8 Å². The molecule has 0 saturated heterocycles. The molecule has 126 valence electrons. The van der Waals surface area contributed by atoms with Crippen LogP contribution in [0.5, 0.6) is 0 Å². The van der Waals surface area contributed by atoms with E-state index < -0.39 is 22.7 Å². The van der Waals surface area contributed by atoms with Gasteiger partial charge < -0.3 is 5.11 Å². The number of para-hydroxylation sites is 1. The SMILES string of the molecule is CC1=NN(c2ccccc2)C(=O)C1c1ccc([N+](=O)[O-])cc1C(=O)O. The summed E-state index contributed by atoms with van der Waals surface area (Å²) in [5.74, 6) is -2.63. The molecule has 0 aliphatic carbocycles. The van der Waals surface area contributed by atoms with Gasteiger partial charge in [0.25, 0.3) is 11.6 Å². The molecule has 0 spiro atoms. The van der Waals surface area contributed by atoms with Gasteiger partial charge in [-0.1, -0.05) is 24.3 Å². The zero-order chi connectivity index (χ0) is 18.1. The smallest absolute Gasteiger partial charge is 0.336 e. The zero-order valence-corrected chi connectivity index (χ0v) is 13.1. The largest absolute Gasteiger partial charge is 0.478 e. The third-order valence-electron chi connectivity index (χ3n) is 3.92. The molecule has 0 aromatic heterocycles. The number of benzene rings is 2. The lowest BCUT2D eigenvalue weighted by atomic mass is 9.90.